The van der Waals surface area contributed by atoms with E-state index in [4.69, 9.17) is 4.74 Å². The average molecular weight is 196 g/mol. The molecule has 1 unspecified atom stereocenters. The second-order valence-electron chi connectivity index (χ2n) is 3.74. The Balaban J connectivity index is 3.50. The first kappa shape index (κ1) is 13.3. The van der Waals surface area contributed by atoms with Gasteiger partial charge in [-0.3, -0.25) is 0 Å². The van der Waals surface area contributed by atoms with Crippen molar-refractivity contribution in [3.8, 4) is 0 Å². The van der Waals surface area contributed by atoms with Gasteiger partial charge < -0.3 is 4.74 Å². The first-order valence-corrected chi connectivity index (χ1v) is 5.68. The molecule has 0 fully saturated rings. The second-order valence-corrected chi connectivity index (χ2v) is 3.74. The van der Waals surface area contributed by atoms with Gasteiger partial charge in [-0.25, -0.2) is 0 Å². The minimum absolute atomic E-state index is 0.627. The van der Waals surface area contributed by atoms with Gasteiger partial charge in [0, 0.05) is 0 Å². The predicted octanol–water partition coefficient (Wildman–Crippen LogP) is 4.31. The molecule has 82 valence electrons. The van der Waals surface area contributed by atoms with Gasteiger partial charge in [-0.2, -0.15) is 0 Å². The van der Waals surface area contributed by atoms with Crippen molar-refractivity contribution in [2.75, 3.05) is 6.61 Å². The van der Waals surface area contributed by atoms with Crippen molar-refractivity contribution in [3.05, 3.63) is 25.5 Å². The highest BCUT2D eigenvalue weighted by molar-refractivity contribution is 4.73. The molecule has 0 rings (SSSR count). The van der Waals surface area contributed by atoms with Crippen LogP contribution in [0.2, 0.25) is 0 Å². The van der Waals surface area contributed by atoms with E-state index in [9.17, 15) is 0 Å². The van der Waals surface area contributed by atoms with Gasteiger partial charge in [-0.15, -0.1) is 6.58 Å². The standard InChI is InChI=1S/C13H24O/c1-4-7-8-9-11-13(10-5-2)12-14-6-3/h5-6,13H,2-4,7-12H2,1H3. The summed E-state index contributed by atoms with van der Waals surface area (Å²) in [5.41, 5.74) is 0. The van der Waals surface area contributed by atoms with Gasteiger partial charge in [0.05, 0.1) is 12.9 Å². The van der Waals surface area contributed by atoms with Gasteiger partial charge in [0.2, 0.25) is 0 Å². The summed E-state index contributed by atoms with van der Waals surface area (Å²) in [5.74, 6) is 0.627. The molecular weight excluding hydrogens is 172 g/mol. The summed E-state index contributed by atoms with van der Waals surface area (Å²) >= 11 is 0. The summed E-state index contributed by atoms with van der Waals surface area (Å²) in [4.78, 5) is 0. The lowest BCUT2D eigenvalue weighted by molar-refractivity contribution is 0.187. The van der Waals surface area contributed by atoms with Crippen molar-refractivity contribution in [1.82, 2.24) is 0 Å². The predicted molar refractivity (Wildman–Crippen MR) is 63.2 cm³/mol. The maximum Gasteiger partial charge on any atom is 0.0904 e. The summed E-state index contributed by atoms with van der Waals surface area (Å²) < 4.78 is 5.22. The van der Waals surface area contributed by atoms with E-state index in [1.165, 1.54) is 38.4 Å². The fraction of sp³-hybridized carbons (Fsp3) is 0.692. The highest BCUT2D eigenvalue weighted by Crippen LogP contribution is 2.15. The Kier molecular flexibility index (Phi) is 9.83. The maximum atomic E-state index is 5.22. The quantitative estimate of drug-likeness (QED) is 0.287. The van der Waals surface area contributed by atoms with Crippen LogP contribution in [0.4, 0.5) is 0 Å². The number of allylic oxidation sites excluding steroid dienone is 1. The summed E-state index contributed by atoms with van der Waals surface area (Å²) in [5, 5.41) is 0. The Labute approximate surface area is 88.9 Å². The van der Waals surface area contributed by atoms with Crippen LogP contribution in [0.1, 0.15) is 45.4 Å². The molecule has 14 heavy (non-hydrogen) atoms. The van der Waals surface area contributed by atoms with E-state index in [2.05, 4.69) is 20.1 Å². The molecule has 0 saturated carbocycles. The largest absolute Gasteiger partial charge is 0.502 e. The topological polar surface area (TPSA) is 9.23 Å². The fourth-order valence-corrected chi connectivity index (χ4v) is 1.57. The van der Waals surface area contributed by atoms with E-state index in [0.29, 0.717) is 5.92 Å². The van der Waals surface area contributed by atoms with Crippen LogP contribution < -0.4 is 0 Å². The number of ether oxygens (including phenoxy) is 1. The van der Waals surface area contributed by atoms with Crippen LogP contribution in [-0.2, 0) is 4.74 Å². The summed E-state index contributed by atoms with van der Waals surface area (Å²) in [6.45, 7) is 10.4. The Morgan fingerprint density at radius 1 is 1.21 bits per heavy atom. The van der Waals surface area contributed by atoms with Crippen LogP contribution in [0.25, 0.3) is 0 Å². The Hall–Kier alpha value is -0.720. The lowest BCUT2D eigenvalue weighted by Crippen LogP contribution is -2.06. The summed E-state index contributed by atoms with van der Waals surface area (Å²) in [6, 6.07) is 0. The normalized spacial score (nSPS) is 12.1. The summed E-state index contributed by atoms with van der Waals surface area (Å²) in [7, 11) is 0. The molecular formula is C13H24O. The number of unbranched alkanes of at least 4 members (excludes halogenated alkanes) is 3. The molecule has 0 aromatic heterocycles. The number of hydrogen-bond acceptors (Lipinski definition) is 1. The zero-order valence-electron chi connectivity index (χ0n) is 9.50. The Morgan fingerprint density at radius 3 is 2.57 bits per heavy atom. The molecule has 0 aromatic rings. The van der Waals surface area contributed by atoms with Gasteiger partial charge in [-0.05, 0) is 18.8 Å². The first-order valence-electron chi connectivity index (χ1n) is 5.68. The van der Waals surface area contributed by atoms with Crippen molar-refractivity contribution in [2.45, 2.75) is 45.4 Å². The van der Waals surface area contributed by atoms with Gasteiger partial charge in [0.15, 0.2) is 0 Å². The van der Waals surface area contributed by atoms with Crippen molar-refractivity contribution >= 4 is 0 Å². The molecule has 1 heteroatoms. The van der Waals surface area contributed by atoms with E-state index in [1.807, 2.05) is 6.08 Å². The number of rotatable bonds is 10. The third-order valence-corrected chi connectivity index (χ3v) is 2.42. The monoisotopic (exact) mass is 196 g/mol. The van der Waals surface area contributed by atoms with E-state index in [-0.39, 0.29) is 0 Å². The van der Waals surface area contributed by atoms with Crippen LogP contribution in [-0.4, -0.2) is 6.61 Å². The fourth-order valence-electron chi connectivity index (χ4n) is 1.57. The van der Waals surface area contributed by atoms with Crippen LogP contribution in [0.5, 0.6) is 0 Å². The van der Waals surface area contributed by atoms with Crippen LogP contribution >= 0.6 is 0 Å². The minimum atomic E-state index is 0.627. The zero-order chi connectivity index (χ0) is 10.6. The zero-order valence-corrected chi connectivity index (χ0v) is 9.50. The third-order valence-electron chi connectivity index (χ3n) is 2.42. The molecule has 1 nitrogen and oxygen atoms in total. The van der Waals surface area contributed by atoms with Crippen molar-refractivity contribution < 1.29 is 4.74 Å². The molecule has 0 aliphatic rings. The third kappa shape index (κ3) is 7.90. The molecule has 0 aromatic carbocycles. The van der Waals surface area contributed by atoms with E-state index >= 15 is 0 Å². The molecule has 0 saturated heterocycles. The maximum absolute atomic E-state index is 5.22. The van der Waals surface area contributed by atoms with Gasteiger partial charge in [0.1, 0.15) is 0 Å². The molecule has 0 aliphatic heterocycles. The molecule has 0 amide bonds. The SMILES string of the molecule is C=CCC(CCCCCC)COC=C. The van der Waals surface area contributed by atoms with Gasteiger partial charge in [-0.1, -0.05) is 45.3 Å². The van der Waals surface area contributed by atoms with E-state index in [0.717, 1.165) is 13.0 Å². The molecule has 0 aliphatic carbocycles. The van der Waals surface area contributed by atoms with E-state index < -0.39 is 0 Å². The molecule has 0 spiro atoms. The molecule has 0 heterocycles. The molecule has 1 atom stereocenters. The summed E-state index contributed by atoms with van der Waals surface area (Å²) in [6.07, 6.45) is 11.1. The van der Waals surface area contributed by atoms with Crippen LogP contribution in [0.3, 0.4) is 0 Å². The van der Waals surface area contributed by atoms with Crippen LogP contribution in [0.15, 0.2) is 25.5 Å². The van der Waals surface area contributed by atoms with Crippen molar-refractivity contribution in [1.29, 1.82) is 0 Å². The van der Waals surface area contributed by atoms with Gasteiger partial charge in [0.25, 0.3) is 0 Å². The smallest absolute Gasteiger partial charge is 0.0904 e. The molecule has 0 N–H and O–H groups in total. The minimum Gasteiger partial charge on any atom is -0.502 e. The molecule has 0 radical (unpaired) electrons. The van der Waals surface area contributed by atoms with E-state index in [1.54, 1.807) is 0 Å². The second kappa shape index (κ2) is 10.4. The highest BCUT2D eigenvalue weighted by atomic mass is 16.5. The highest BCUT2D eigenvalue weighted by Gasteiger charge is 2.06. The number of hydrogen-bond donors (Lipinski definition) is 0. The van der Waals surface area contributed by atoms with Crippen LogP contribution in [0, 0.1) is 5.92 Å². The first-order chi connectivity index (χ1) is 6.85. The Morgan fingerprint density at radius 2 is 2.00 bits per heavy atom. The molecule has 0 bridgehead atoms. The lowest BCUT2D eigenvalue weighted by Gasteiger charge is -2.13. The Bertz CT molecular complexity index is 140. The van der Waals surface area contributed by atoms with Crippen molar-refractivity contribution in [3.63, 3.8) is 0 Å². The van der Waals surface area contributed by atoms with Gasteiger partial charge >= 0.3 is 0 Å². The lowest BCUT2D eigenvalue weighted by atomic mass is 9.98. The van der Waals surface area contributed by atoms with Crippen molar-refractivity contribution in [2.24, 2.45) is 5.92 Å². The average Bonchev–Trinajstić information content (AvgIpc) is 2.20.